The molecule has 0 fully saturated rings. The minimum absolute atomic E-state index is 0.581. The Labute approximate surface area is 279 Å². The number of para-hydroxylation sites is 2. The predicted molar refractivity (Wildman–Crippen MR) is 200 cm³/mol. The highest BCUT2D eigenvalue weighted by atomic mass is 32.1. The molecule has 0 amide bonds. The molecule has 0 atom stereocenters. The number of thiophene rings is 1. The summed E-state index contributed by atoms with van der Waals surface area (Å²) in [5.74, 6) is 0.581. The molecule has 7 aromatic carbocycles. The molecule has 3 heterocycles. The molecule has 0 bridgehead atoms. The van der Waals surface area contributed by atoms with Crippen LogP contribution in [-0.2, 0) is 0 Å². The number of hydrogen-bond donors (Lipinski definition) is 0. The molecule has 10 rings (SSSR count). The number of aromatic nitrogens is 1. The number of fused-ring (bicyclic) bond motifs is 7. The van der Waals surface area contributed by atoms with Crippen molar-refractivity contribution in [2.45, 2.75) is 0 Å². The van der Waals surface area contributed by atoms with Crippen molar-refractivity contribution in [3.63, 3.8) is 0 Å². The van der Waals surface area contributed by atoms with E-state index in [0.29, 0.717) is 5.89 Å². The Balaban J connectivity index is 1.21. The van der Waals surface area contributed by atoms with Crippen molar-refractivity contribution in [1.82, 2.24) is 4.98 Å². The summed E-state index contributed by atoms with van der Waals surface area (Å²) >= 11 is 1.83. The molecule has 0 aliphatic carbocycles. The molecule has 0 aliphatic rings. The van der Waals surface area contributed by atoms with Crippen molar-refractivity contribution >= 4 is 81.6 Å². The van der Waals surface area contributed by atoms with Crippen LogP contribution in [0.4, 0.5) is 17.1 Å². The van der Waals surface area contributed by atoms with Gasteiger partial charge in [-0.3, -0.25) is 0 Å². The van der Waals surface area contributed by atoms with E-state index in [0.717, 1.165) is 61.2 Å². The number of hydrogen-bond acceptors (Lipinski definition) is 5. The van der Waals surface area contributed by atoms with Gasteiger partial charge in [0.1, 0.15) is 16.7 Å². The number of oxazole rings is 1. The summed E-state index contributed by atoms with van der Waals surface area (Å²) in [6.45, 7) is 0. The molecule has 0 aliphatic heterocycles. The maximum absolute atomic E-state index is 6.42. The first-order valence-corrected chi connectivity index (χ1v) is 16.8. The number of anilines is 3. The highest BCUT2D eigenvalue weighted by Gasteiger charge is 2.20. The van der Waals surface area contributed by atoms with E-state index in [1.165, 1.54) is 25.7 Å². The molecule has 5 heteroatoms. The number of furan rings is 1. The van der Waals surface area contributed by atoms with Crippen molar-refractivity contribution < 1.29 is 8.83 Å². The molecule has 48 heavy (non-hydrogen) atoms. The average Bonchev–Trinajstić information content (AvgIpc) is 3.85. The van der Waals surface area contributed by atoms with Crippen LogP contribution in [0.3, 0.4) is 0 Å². The molecular formula is C43H26N2O2S. The van der Waals surface area contributed by atoms with Crippen molar-refractivity contribution in [2.75, 3.05) is 4.90 Å². The molecular weight excluding hydrogens is 609 g/mol. The maximum atomic E-state index is 6.42. The van der Waals surface area contributed by atoms with Crippen LogP contribution in [0.5, 0.6) is 0 Å². The third kappa shape index (κ3) is 4.33. The predicted octanol–water partition coefficient (Wildman–Crippen LogP) is 12.9. The lowest BCUT2D eigenvalue weighted by Crippen LogP contribution is -2.10. The van der Waals surface area contributed by atoms with Crippen LogP contribution in [0.25, 0.3) is 75.8 Å². The van der Waals surface area contributed by atoms with Gasteiger partial charge < -0.3 is 13.7 Å². The second-order valence-electron chi connectivity index (χ2n) is 12.0. The van der Waals surface area contributed by atoms with Crippen LogP contribution >= 0.6 is 11.3 Å². The minimum atomic E-state index is 0.581. The number of benzene rings is 7. The Bertz CT molecular complexity index is 2780. The molecule has 0 radical (unpaired) electrons. The summed E-state index contributed by atoms with van der Waals surface area (Å²) in [6.07, 6.45) is 0. The largest absolute Gasteiger partial charge is 0.456 e. The summed E-state index contributed by atoms with van der Waals surface area (Å²) in [5, 5.41) is 4.52. The minimum Gasteiger partial charge on any atom is -0.456 e. The zero-order chi connectivity index (χ0) is 31.6. The van der Waals surface area contributed by atoms with Crippen LogP contribution in [0.1, 0.15) is 0 Å². The average molecular weight is 635 g/mol. The van der Waals surface area contributed by atoms with Gasteiger partial charge >= 0.3 is 0 Å². The Hall–Kier alpha value is -6.17. The van der Waals surface area contributed by atoms with E-state index in [1.54, 1.807) is 0 Å². The first-order valence-electron chi connectivity index (χ1n) is 15.9. The first kappa shape index (κ1) is 27.0. The Morgan fingerprint density at radius 2 is 1.17 bits per heavy atom. The zero-order valence-electron chi connectivity index (χ0n) is 25.6. The second kappa shape index (κ2) is 10.7. The van der Waals surface area contributed by atoms with Gasteiger partial charge in [0.2, 0.25) is 5.89 Å². The third-order valence-electron chi connectivity index (χ3n) is 9.09. The summed E-state index contributed by atoms with van der Waals surface area (Å²) in [5.41, 5.74) is 9.64. The highest BCUT2D eigenvalue weighted by Crippen LogP contribution is 2.44. The maximum Gasteiger partial charge on any atom is 0.228 e. The molecule has 10 aromatic rings. The van der Waals surface area contributed by atoms with E-state index < -0.39 is 0 Å². The van der Waals surface area contributed by atoms with Crippen LogP contribution in [0.15, 0.2) is 167 Å². The first-order chi connectivity index (χ1) is 23.8. The fourth-order valence-electron chi connectivity index (χ4n) is 6.88. The molecule has 0 saturated heterocycles. The van der Waals surface area contributed by atoms with Gasteiger partial charge in [0.15, 0.2) is 5.58 Å². The standard InChI is InChI=1S/C43H26N2O2S/c1-2-10-27(11-3-1)28-12-8-13-29(24-28)45(31-21-23-41-34(25-31)32-14-4-7-19-40(32)48-41)30-20-22-37-35(26-30)42-33(15-9-18-39(42)46-37)43-44-36-16-5-6-17-38(36)47-43/h1-26H. The van der Waals surface area contributed by atoms with E-state index >= 15 is 0 Å². The molecule has 0 spiro atoms. The topological polar surface area (TPSA) is 42.4 Å². The molecule has 4 nitrogen and oxygen atoms in total. The lowest BCUT2D eigenvalue weighted by Gasteiger charge is -2.26. The van der Waals surface area contributed by atoms with E-state index in [1.807, 2.05) is 47.7 Å². The molecule has 0 N–H and O–H groups in total. The molecule has 226 valence electrons. The van der Waals surface area contributed by atoms with E-state index in [4.69, 9.17) is 13.8 Å². The summed E-state index contributed by atoms with van der Waals surface area (Å²) in [4.78, 5) is 7.19. The van der Waals surface area contributed by atoms with Gasteiger partial charge in [-0.2, -0.15) is 0 Å². The number of nitrogens with zero attached hydrogens (tertiary/aromatic N) is 2. The Morgan fingerprint density at radius 1 is 0.458 bits per heavy atom. The van der Waals surface area contributed by atoms with Crippen molar-refractivity contribution in [1.29, 1.82) is 0 Å². The highest BCUT2D eigenvalue weighted by molar-refractivity contribution is 7.25. The summed E-state index contributed by atoms with van der Waals surface area (Å²) < 4.78 is 15.2. The quantitative estimate of drug-likeness (QED) is 0.189. The molecule has 3 aromatic heterocycles. The van der Waals surface area contributed by atoms with Crippen molar-refractivity contribution in [2.24, 2.45) is 0 Å². The van der Waals surface area contributed by atoms with Crippen LogP contribution in [0, 0.1) is 0 Å². The van der Waals surface area contributed by atoms with E-state index in [9.17, 15) is 0 Å². The SMILES string of the molecule is c1ccc(-c2cccc(N(c3ccc4sc5ccccc5c4c3)c3ccc4oc5cccc(-c6nc7ccccc7o6)c5c4c3)c2)cc1. The normalized spacial score (nSPS) is 11.8. The van der Waals surface area contributed by atoms with Crippen LogP contribution in [-0.4, -0.2) is 4.98 Å². The fraction of sp³-hybridized carbons (Fsp3) is 0. The monoisotopic (exact) mass is 634 g/mol. The van der Waals surface area contributed by atoms with Gasteiger partial charge in [-0.05, 0) is 90.0 Å². The van der Waals surface area contributed by atoms with Gasteiger partial charge in [-0.25, -0.2) is 4.98 Å². The van der Waals surface area contributed by atoms with E-state index in [2.05, 4.69) is 126 Å². The van der Waals surface area contributed by atoms with E-state index in [-0.39, 0.29) is 0 Å². The summed E-state index contributed by atoms with van der Waals surface area (Å²) in [6, 6.07) is 55.2. The summed E-state index contributed by atoms with van der Waals surface area (Å²) in [7, 11) is 0. The lowest BCUT2D eigenvalue weighted by molar-refractivity contribution is 0.620. The van der Waals surface area contributed by atoms with Crippen LogP contribution < -0.4 is 4.90 Å². The van der Waals surface area contributed by atoms with Gasteiger partial charge in [0.05, 0.1) is 0 Å². The van der Waals surface area contributed by atoms with Crippen molar-refractivity contribution in [3.8, 4) is 22.6 Å². The van der Waals surface area contributed by atoms with Gasteiger partial charge in [0, 0.05) is 53.6 Å². The smallest absolute Gasteiger partial charge is 0.228 e. The Morgan fingerprint density at radius 3 is 2.08 bits per heavy atom. The fourth-order valence-corrected chi connectivity index (χ4v) is 7.96. The third-order valence-corrected chi connectivity index (χ3v) is 10.2. The number of rotatable bonds is 5. The lowest BCUT2D eigenvalue weighted by atomic mass is 10.0. The van der Waals surface area contributed by atoms with Gasteiger partial charge in [-0.1, -0.05) is 78.9 Å². The molecule has 0 unspecified atom stereocenters. The van der Waals surface area contributed by atoms with Crippen molar-refractivity contribution in [3.05, 3.63) is 158 Å². The van der Waals surface area contributed by atoms with Gasteiger partial charge in [0.25, 0.3) is 0 Å². The van der Waals surface area contributed by atoms with Gasteiger partial charge in [-0.15, -0.1) is 11.3 Å². The van der Waals surface area contributed by atoms with Crippen LogP contribution in [0.2, 0.25) is 0 Å². The molecule has 0 saturated carbocycles. The Kier molecular flexibility index (Phi) is 6.01. The zero-order valence-corrected chi connectivity index (χ0v) is 26.4. The second-order valence-corrected chi connectivity index (χ2v) is 13.1.